The standard InChI is InChI=1S/C19H28N4O2/c1-19(2,9-13-3-5-14(10-20)6-4-13)18(25)22-16-7-8-23(17(16)24)15-11-21-12-15/h3-6,15-16,21H,7-12,20H2,1-2H3,(H,22,25). The monoisotopic (exact) mass is 344 g/mol. The van der Waals surface area contributed by atoms with E-state index in [1.54, 1.807) is 0 Å². The number of carbonyl (C=O) groups is 2. The van der Waals surface area contributed by atoms with Crippen molar-refractivity contribution in [3.8, 4) is 0 Å². The summed E-state index contributed by atoms with van der Waals surface area (Å²) in [6.07, 6.45) is 1.32. The molecule has 0 spiro atoms. The van der Waals surface area contributed by atoms with Crippen LogP contribution in [0.4, 0.5) is 0 Å². The minimum atomic E-state index is -0.573. The van der Waals surface area contributed by atoms with Gasteiger partial charge in [0, 0.05) is 31.6 Å². The van der Waals surface area contributed by atoms with Gasteiger partial charge in [0.1, 0.15) is 6.04 Å². The molecule has 0 bridgehead atoms. The van der Waals surface area contributed by atoms with Gasteiger partial charge in [0.2, 0.25) is 11.8 Å². The lowest BCUT2D eigenvalue weighted by molar-refractivity contribution is -0.137. The molecule has 25 heavy (non-hydrogen) atoms. The molecule has 1 atom stereocenters. The summed E-state index contributed by atoms with van der Waals surface area (Å²) in [4.78, 5) is 27.1. The molecule has 1 aromatic carbocycles. The first kappa shape index (κ1) is 17.9. The van der Waals surface area contributed by atoms with Gasteiger partial charge in [0.05, 0.1) is 6.04 Å². The molecule has 6 nitrogen and oxygen atoms in total. The Morgan fingerprint density at radius 1 is 1.28 bits per heavy atom. The highest BCUT2D eigenvalue weighted by molar-refractivity contribution is 5.91. The van der Waals surface area contributed by atoms with Gasteiger partial charge in [-0.3, -0.25) is 9.59 Å². The quantitative estimate of drug-likeness (QED) is 0.697. The van der Waals surface area contributed by atoms with Crippen molar-refractivity contribution in [2.24, 2.45) is 11.1 Å². The molecule has 2 aliphatic rings. The Balaban J connectivity index is 1.58. The third-order valence-electron chi connectivity index (χ3n) is 5.27. The molecular formula is C19H28N4O2. The molecule has 2 amide bonds. The third-order valence-corrected chi connectivity index (χ3v) is 5.27. The van der Waals surface area contributed by atoms with Crippen molar-refractivity contribution < 1.29 is 9.59 Å². The summed E-state index contributed by atoms with van der Waals surface area (Å²) in [7, 11) is 0. The molecule has 0 saturated carbocycles. The van der Waals surface area contributed by atoms with Crippen molar-refractivity contribution >= 4 is 11.8 Å². The van der Waals surface area contributed by atoms with Gasteiger partial charge in [0.25, 0.3) is 0 Å². The molecule has 3 rings (SSSR count). The predicted octanol–water partition coefficient (Wildman–Crippen LogP) is 0.403. The number of nitrogens with zero attached hydrogens (tertiary/aromatic N) is 1. The number of hydrogen-bond donors (Lipinski definition) is 3. The second-order valence-corrected chi connectivity index (χ2v) is 7.74. The first-order valence-corrected chi connectivity index (χ1v) is 9.01. The molecule has 0 radical (unpaired) electrons. The first-order chi connectivity index (χ1) is 11.9. The van der Waals surface area contributed by atoms with Gasteiger partial charge in [-0.15, -0.1) is 0 Å². The van der Waals surface area contributed by atoms with E-state index in [4.69, 9.17) is 5.73 Å². The lowest BCUT2D eigenvalue weighted by atomic mass is 9.84. The minimum absolute atomic E-state index is 0.0583. The number of carbonyl (C=O) groups excluding carboxylic acids is 2. The minimum Gasteiger partial charge on any atom is -0.344 e. The summed E-state index contributed by atoms with van der Waals surface area (Å²) in [5, 5.41) is 6.16. The van der Waals surface area contributed by atoms with Crippen molar-refractivity contribution in [1.29, 1.82) is 0 Å². The fraction of sp³-hybridized carbons (Fsp3) is 0.579. The van der Waals surface area contributed by atoms with Crippen molar-refractivity contribution in [3.63, 3.8) is 0 Å². The predicted molar refractivity (Wildman–Crippen MR) is 96.7 cm³/mol. The van der Waals surface area contributed by atoms with Crippen LogP contribution in [-0.2, 0) is 22.6 Å². The maximum absolute atomic E-state index is 12.7. The molecule has 2 aliphatic heterocycles. The number of likely N-dealkylation sites (tertiary alicyclic amines) is 1. The van der Waals surface area contributed by atoms with E-state index in [1.165, 1.54) is 0 Å². The average Bonchev–Trinajstić information content (AvgIpc) is 2.87. The Bertz CT molecular complexity index is 637. The van der Waals surface area contributed by atoms with Crippen LogP contribution in [0.2, 0.25) is 0 Å². The fourth-order valence-electron chi connectivity index (χ4n) is 3.43. The Morgan fingerprint density at radius 3 is 2.48 bits per heavy atom. The van der Waals surface area contributed by atoms with Gasteiger partial charge in [-0.25, -0.2) is 0 Å². The van der Waals surface area contributed by atoms with Crippen molar-refractivity contribution in [2.45, 2.75) is 45.3 Å². The van der Waals surface area contributed by atoms with Crippen LogP contribution in [0.15, 0.2) is 24.3 Å². The van der Waals surface area contributed by atoms with E-state index >= 15 is 0 Å². The van der Waals surface area contributed by atoms with Crippen LogP contribution < -0.4 is 16.4 Å². The first-order valence-electron chi connectivity index (χ1n) is 9.01. The number of amides is 2. The van der Waals surface area contributed by atoms with Crippen LogP contribution in [0.25, 0.3) is 0 Å². The highest BCUT2D eigenvalue weighted by Gasteiger charge is 2.40. The SMILES string of the molecule is CC(C)(Cc1ccc(CN)cc1)C(=O)NC1CCN(C2CNC2)C1=O. The molecule has 4 N–H and O–H groups in total. The van der Waals surface area contributed by atoms with E-state index in [1.807, 2.05) is 43.0 Å². The largest absolute Gasteiger partial charge is 0.344 e. The van der Waals surface area contributed by atoms with Gasteiger partial charge in [-0.05, 0) is 24.0 Å². The molecule has 2 saturated heterocycles. The zero-order valence-electron chi connectivity index (χ0n) is 15.0. The number of benzene rings is 1. The molecule has 2 heterocycles. The maximum atomic E-state index is 12.7. The van der Waals surface area contributed by atoms with E-state index in [2.05, 4.69) is 10.6 Å². The summed E-state index contributed by atoms with van der Waals surface area (Å²) in [6.45, 7) is 6.81. The lowest BCUT2D eigenvalue weighted by Gasteiger charge is -2.35. The number of nitrogens with one attached hydrogen (secondary N) is 2. The topological polar surface area (TPSA) is 87.5 Å². The highest BCUT2D eigenvalue weighted by Crippen LogP contribution is 2.24. The van der Waals surface area contributed by atoms with Crippen LogP contribution >= 0.6 is 0 Å². The Hall–Kier alpha value is -1.92. The second-order valence-electron chi connectivity index (χ2n) is 7.74. The van der Waals surface area contributed by atoms with Gasteiger partial charge in [-0.1, -0.05) is 38.1 Å². The zero-order chi connectivity index (χ0) is 18.0. The van der Waals surface area contributed by atoms with E-state index in [0.29, 0.717) is 25.4 Å². The van der Waals surface area contributed by atoms with Gasteiger partial charge >= 0.3 is 0 Å². The second kappa shape index (κ2) is 7.14. The number of hydrogen-bond acceptors (Lipinski definition) is 4. The van der Waals surface area contributed by atoms with E-state index < -0.39 is 5.41 Å². The summed E-state index contributed by atoms with van der Waals surface area (Å²) >= 11 is 0. The molecule has 136 valence electrons. The van der Waals surface area contributed by atoms with E-state index in [0.717, 1.165) is 30.8 Å². The smallest absolute Gasteiger partial charge is 0.245 e. The average molecular weight is 344 g/mol. The molecule has 1 aromatic rings. The molecular weight excluding hydrogens is 316 g/mol. The molecule has 2 fully saturated rings. The van der Waals surface area contributed by atoms with Crippen LogP contribution in [0.1, 0.15) is 31.4 Å². The molecule has 6 heteroatoms. The van der Waals surface area contributed by atoms with Crippen molar-refractivity contribution in [1.82, 2.24) is 15.5 Å². The molecule has 0 aromatic heterocycles. The van der Waals surface area contributed by atoms with Crippen LogP contribution in [-0.4, -0.2) is 48.4 Å². The lowest BCUT2D eigenvalue weighted by Crippen LogP contribution is -2.59. The Labute approximate surface area is 149 Å². The fourth-order valence-corrected chi connectivity index (χ4v) is 3.43. The van der Waals surface area contributed by atoms with Crippen molar-refractivity contribution in [2.75, 3.05) is 19.6 Å². The number of nitrogens with two attached hydrogens (primary N) is 1. The summed E-state index contributed by atoms with van der Waals surface area (Å²) in [5.41, 5.74) is 7.22. The van der Waals surface area contributed by atoms with Gasteiger partial charge in [0.15, 0.2) is 0 Å². The van der Waals surface area contributed by atoms with Crippen molar-refractivity contribution in [3.05, 3.63) is 35.4 Å². The zero-order valence-corrected chi connectivity index (χ0v) is 15.0. The van der Waals surface area contributed by atoms with E-state index in [-0.39, 0.29) is 17.9 Å². The van der Waals surface area contributed by atoms with Gasteiger partial charge < -0.3 is 21.3 Å². The van der Waals surface area contributed by atoms with Gasteiger partial charge in [-0.2, -0.15) is 0 Å². The van der Waals surface area contributed by atoms with Crippen LogP contribution in [0.5, 0.6) is 0 Å². The van der Waals surface area contributed by atoms with Crippen LogP contribution in [0, 0.1) is 5.41 Å². The molecule has 0 aliphatic carbocycles. The number of rotatable bonds is 6. The summed E-state index contributed by atoms with van der Waals surface area (Å²) < 4.78 is 0. The molecule has 1 unspecified atom stereocenters. The highest BCUT2D eigenvalue weighted by atomic mass is 16.2. The normalized spacial score (nSPS) is 21.3. The van der Waals surface area contributed by atoms with E-state index in [9.17, 15) is 9.59 Å². The Kier molecular flexibility index (Phi) is 5.11. The summed E-state index contributed by atoms with van der Waals surface area (Å²) in [6, 6.07) is 7.94. The maximum Gasteiger partial charge on any atom is 0.245 e. The summed E-state index contributed by atoms with van der Waals surface area (Å²) in [5.74, 6) is -0.00900. The Morgan fingerprint density at radius 2 is 1.92 bits per heavy atom. The third kappa shape index (κ3) is 3.85. The van der Waals surface area contributed by atoms with Crippen LogP contribution in [0.3, 0.4) is 0 Å².